The molecule has 1 N–H and O–H groups in total. The highest BCUT2D eigenvalue weighted by molar-refractivity contribution is 7.87. The number of hydrogen-bond donors (Lipinski definition) is 1. The quantitative estimate of drug-likeness (QED) is 0.659. The highest BCUT2D eigenvalue weighted by Crippen LogP contribution is 2.02. The highest BCUT2D eigenvalue weighted by Gasteiger charge is 2.21. The molecule has 0 atom stereocenters. The van der Waals surface area contributed by atoms with Gasteiger partial charge >= 0.3 is 0 Å². The monoisotopic (exact) mass is 180 g/mol. The molecule has 0 saturated carbocycles. The normalized spacial score (nSPS) is 14.0. The van der Waals surface area contributed by atoms with Gasteiger partial charge in [-0.05, 0) is 20.8 Å². The first-order valence-electron chi connectivity index (χ1n) is 3.36. The summed E-state index contributed by atoms with van der Waals surface area (Å²) in [6, 6.07) is 0. The largest absolute Gasteiger partial charge is 0.279 e. The maximum atomic E-state index is 11.2. The van der Waals surface area contributed by atoms with E-state index in [4.69, 9.17) is 0 Å². The van der Waals surface area contributed by atoms with E-state index in [9.17, 15) is 8.42 Å². The molecule has 0 aliphatic heterocycles. The van der Waals surface area contributed by atoms with E-state index in [1.54, 1.807) is 20.8 Å². The first-order valence-corrected chi connectivity index (χ1v) is 4.80. The van der Waals surface area contributed by atoms with E-state index in [-0.39, 0.29) is 0 Å². The molecule has 0 aromatic carbocycles. The summed E-state index contributed by atoms with van der Waals surface area (Å²) in [5.74, 6) is 0. The second-order valence-electron chi connectivity index (χ2n) is 3.64. The van der Waals surface area contributed by atoms with Crippen LogP contribution in [-0.4, -0.2) is 32.4 Å². The van der Waals surface area contributed by atoms with Gasteiger partial charge in [-0.15, -0.1) is 0 Å². The van der Waals surface area contributed by atoms with Gasteiger partial charge in [0.1, 0.15) is 0 Å². The third-order valence-electron chi connectivity index (χ3n) is 0.916. The lowest BCUT2D eigenvalue weighted by Gasteiger charge is -2.22. The number of hydrogen-bond acceptors (Lipinski definition) is 2. The molecule has 0 aromatic heterocycles. The summed E-state index contributed by atoms with van der Waals surface area (Å²) in [6.45, 7) is 5.40. The predicted octanol–water partition coefficient (Wildman–Crippen LogP) is 0.181. The molecule has 0 radical (unpaired) electrons. The van der Waals surface area contributed by atoms with Crippen LogP contribution in [0.3, 0.4) is 0 Å². The molecule has 4 nitrogen and oxygen atoms in total. The fourth-order valence-electron chi connectivity index (χ4n) is 0.478. The average molecular weight is 180 g/mol. The summed E-state index contributed by atoms with van der Waals surface area (Å²) in [7, 11) is -0.284. The van der Waals surface area contributed by atoms with Gasteiger partial charge in [0.25, 0.3) is 10.2 Å². The Morgan fingerprint density at radius 3 is 1.64 bits per heavy atom. The van der Waals surface area contributed by atoms with Gasteiger partial charge < -0.3 is 0 Å². The van der Waals surface area contributed by atoms with Crippen molar-refractivity contribution < 1.29 is 8.42 Å². The molecular weight excluding hydrogens is 164 g/mol. The number of rotatable bonds is 2. The van der Waals surface area contributed by atoms with Crippen molar-refractivity contribution in [1.82, 2.24) is 9.03 Å². The fraction of sp³-hybridized carbons (Fsp3) is 1.00. The Bertz CT molecular complexity index is 213. The highest BCUT2D eigenvalue weighted by atomic mass is 32.2. The van der Waals surface area contributed by atoms with Crippen LogP contribution in [0.25, 0.3) is 0 Å². The summed E-state index contributed by atoms with van der Waals surface area (Å²) in [5.41, 5.74) is -0.414. The zero-order valence-corrected chi connectivity index (χ0v) is 8.49. The van der Waals surface area contributed by atoms with Crippen LogP contribution >= 0.6 is 0 Å². The maximum Gasteiger partial charge on any atom is 0.279 e. The Morgan fingerprint density at radius 1 is 1.18 bits per heavy atom. The molecule has 0 heterocycles. The fourth-order valence-corrected chi connectivity index (χ4v) is 1.43. The molecular formula is C6H16N2O2S. The summed E-state index contributed by atoms with van der Waals surface area (Å²) in [4.78, 5) is 0. The molecule has 0 fully saturated rings. The third-order valence-corrected chi connectivity index (χ3v) is 2.75. The van der Waals surface area contributed by atoms with Crippen molar-refractivity contribution in [2.24, 2.45) is 0 Å². The topological polar surface area (TPSA) is 49.4 Å². The second-order valence-corrected chi connectivity index (χ2v) is 5.52. The minimum absolute atomic E-state index is 0.414. The van der Waals surface area contributed by atoms with Crippen molar-refractivity contribution in [1.29, 1.82) is 0 Å². The minimum atomic E-state index is -3.27. The lowest BCUT2D eigenvalue weighted by atomic mass is 10.1. The van der Waals surface area contributed by atoms with E-state index in [2.05, 4.69) is 4.72 Å². The minimum Gasteiger partial charge on any atom is -0.197 e. The van der Waals surface area contributed by atoms with Crippen molar-refractivity contribution in [3.05, 3.63) is 0 Å². The standard InChI is InChI=1S/C6H16N2O2S/c1-6(2,3)7-11(9,10)8(4)5/h7H,1-5H3. The number of nitrogens with one attached hydrogen (secondary N) is 1. The lowest BCUT2D eigenvalue weighted by Crippen LogP contribution is -2.46. The summed E-state index contributed by atoms with van der Waals surface area (Å²) in [6.07, 6.45) is 0. The van der Waals surface area contributed by atoms with E-state index < -0.39 is 15.7 Å². The third kappa shape index (κ3) is 4.34. The molecule has 0 unspecified atom stereocenters. The van der Waals surface area contributed by atoms with Gasteiger partial charge in [0.15, 0.2) is 0 Å². The van der Waals surface area contributed by atoms with Crippen molar-refractivity contribution in [3.8, 4) is 0 Å². The Kier molecular flexibility index (Phi) is 3.05. The van der Waals surface area contributed by atoms with Crippen LogP contribution in [0.15, 0.2) is 0 Å². The van der Waals surface area contributed by atoms with Gasteiger partial charge in [-0.25, -0.2) is 0 Å². The van der Waals surface area contributed by atoms with Gasteiger partial charge in [-0.2, -0.15) is 17.4 Å². The van der Waals surface area contributed by atoms with E-state index >= 15 is 0 Å². The van der Waals surface area contributed by atoms with Gasteiger partial charge in [0, 0.05) is 19.6 Å². The first kappa shape index (κ1) is 10.9. The zero-order valence-electron chi connectivity index (χ0n) is 7.67. The van der Waals surface area contributed by atoms with Crippen molar-refractivity contribution in [3.63, 3.8) is 0 Å². The van der Waals surface area contributed by atoms with Crippen LogP contribution in [0, 0.1) is 0 Å². The van der Waals surface area contributed by atoms with Crippen LogP contribution in [0.5, 0.6) is 0 Å². The Hall–Kier alpha value is -0.130. The smallest absolute Gasteiger partial charge is 0.197 e. The van der Waals surface area contributed by atoms with Crippen LogP contribution in [0.1, 0.15) is 20.8 Å². The van der Waals surface area contributed by atoms with Crippen LogP contribution in [0.2, 0.25) is 0 Å². The summed E-state index contributed by atoms with van der Waals surface area (Å²) in [5, 5.41) is 0. The molecule has 0 amide bonds. The summed E-state index contributed by atoms with van der Waals surface area (Å²) >= 11 is 0. The van der Waals surface area contributed by atoms with Crippen molar-refractivity contribution >= 4 is 10.2 Å². The molecule has 11 heavy (non-hydrogen) atoms. The average Bonchev–Trinajstić information content (AvgIpc) is 1.56. The van der Waals surface area contributed by atoms with Gasteiger partial charge in [0.05, 0.1) is 0 Å². The van der Waals surface area contributed by atoms with E-state index in [1.807, 2.05) is 0 Å². The molecule has 0 spiro atoms. The Morgan fingerprint density at radius 2 is 1.55 bits per heavy atom. The van der Waals surface area contributed by atoms with E-state index in [0.29, 0.717) is 0 Å². The molecule has 0 rings (SSSR count). The molecule has 0 bridgehead atoms. The van der Waals surface area contributed by atoms with Gasteiger partial charge in [-0.3, -0.25) is 0 Å². The van der Waals surface area contributed by atoms with Crippen LogP contribution in [-0.2, 0) is 10.2 Å². The molecule has 0 aliphatic rings. The summed E-state index contributed by atoms with van der Waals surface area (Å²) < 4.78 is 26.0. The lowest BCUT2D eigenvalue weighted by molar-refractivity contribution is 0.451. The maximum absolute atomic E-state index is 11.2. The Balaban J connectivity index is 4.40. The zero-order chi connectivity index (χ0) is 9.28. The molecule has 0 aliphatic carbocycles. The first-order chi connectivity index (χ1) is 4.65. The number of nitrogens with zero attached hydrogens (tertiary/aromatic N) is 1. The predicted molar refractivity (Wildman–Crippen MR) is 45.5 cm³/mol. The molecule has 0 aromatic rings. The SMILES string of the molecule is CN(C)S(=O)(=O)NC(C)(C)C. The van der Waals surface area contributed by atoms with Crippen LogP contribution < -0.4 is 4.72 Å². The van der Waals surface area contributed by atoms with Gasteiger partial charge in [-0.1, -0.05) is 0 Å². The molecule has 5 heteroatoms. The van der Waals surface area contributed by atoms with E-state index in [0.717, 1.165) is 4.31 Å². The van der Waals surface area contributed by atoms with Gasteiger partial charge in [0.2, 0.25) is 0 Å². The van der Waals surface area contributed by atoms with E-state index in [1.165, 1.54) is 14.1 Å². The molecule has 68 valence electrons. The second kappa shape index (κ2) is 3.08. The van der Waals surface area contributed by atoms with Crippen molar-refractivity contribution in [2.45, 2.75) is 26.3 Å². The Labute approximate surface area is 68.8 Å². The molecule has 0 saturated heterocycles. The van der Waals surface area contributed by atoms with Crippen molar-refractivity contribution in [2.75, 3.05) is 14.1 Å². The van der Waals surface area contributed by atoms with Crippen LogP contribution in [0.4, 0.5) is 0 Å².